The summed E-state index contributed by atoms with van der Waals surface area (Å²) in [6.07, 6.45) is 2.98. The van der Waals surface area contributed by atoms with Crippen LogP contribution in [0.3, 0.4) is 0 Å². The summed E-state index contributed by atoms with van der Waals surface area (Å²) in [4.78, 5) is 11.9. The summed E-state index contributed by atoms with van der Waals surface area (Å²) in [5.41, 5.74) is 0.600. The van der Waals surface area contributed by atoms with Gasteiger partial charge in [-0.2, -0.15) is 0 Å². The van der Waals surface area contributed by atoms with Crippen LogP contribution in [0.15, 0.2) is 47.1 Å². The lowest BCUT2D eigenvalue weighted by atomic mass is 10.1. The largest absolute Gasteiger partial charge is 0.494 e. The molecule has 2 aromatic rings. The lowest BCUT2D eigenvalue weighted by Crippen LogP contribution is -1.97. The molecule has 5 nitrogen and oxygen atoms in total. The molecule has 0 amide bonds. The Labute approximate surface area is 117 Å². The lowest BCUT2D eigenvalue weighted by molar-refractivity contribution is 0.104. The number of rotatable bonds is 6. The van der Waals surface area contributed by atoms with Crippen molar-refractivity contribution in [2.45, 2.75) is 13.8 Å². The molecule has 0 spiro atoms. The maximum absolute atomic E-state index is 11.9. The van der Waals surface area contributed by atoms with Gasteiger partial charge < -0.3 is 14.6 Å². The molecule has 0 unspecified atom stereocenters. The highest BCUT2D eigenvalue weighted by Gasteiger charge is 2.02. The Kier molecular flexibility index (Phi) is 4.55. The molecule has 0 aliphatic carbocycles. The zero-order chi connectivity index (χ0) is 14.4. The van der Waals surface area contributed by atoms with Crippen molar-refractivity contribution >= 4 is 11.6 Å². The predicted molar refractivity (Wildman–Crippen MR) is 75.9 cm³/mol. The first-order chi connectivity index (χ1) is 9.69. The second-order valence-corrected chi connectivity index (χ2v) is 4.12. The second kappa shape index (κ2) is 6.56. The summed E-state index contributed by atoms with van der Waals surface area (Å²) in [5.74, 6) is 1.93. The highest BCUT2D eigenvalue weighted by Crippen LogP contribution is 2.13. The second-order valence-electron chi connectivity index (χ2n) is 4.12. The van der Waals surface area contributed by atoms with Crippen LogP contribution in [0.1, 0.15) is 23.0 Å². The van der Waals surface area contributed by atoms with E-state index in [0.717, 1.165) is 5.75 Å². The van der Waals surface area contributed by atoms with E-state index in [2.05, 4.69) is 10.5 Å². The molecule has 0 aliphatic heterocycles. The van der Waals surface area contributed by atoms with Crippen LogP contribution in [-0.4, -0.2) is 17.5 Å². The van der Waals surface area contributed by atoms with Crippen molar-refractivity contribution in [3.05, 3.63) is 53.9 Å². The van der Waals surface area contributed by atoms with E-state index in [0.29, 0.717) is 23.7 Å². The third-order valence-electron chi connectivity index (χ3n) is 2.54. The normalized spacial score (nSPS) is 10.7. The SMILES string of the molecule is CCOc1ccc(C(=O)C=CNc2cc(C)on2)cc1. The summed E-state index contributed by atoms with van der Waals surface area (Å²) in [7, 11) is 0. The fourth-order valence-electron chi connectivity index (χ4n) is 1.62. The number of ether oxygens (including phenoxy) is 1. The standard InChI is InChI=1S/C15H16N2O3/c1-3-19-13-6-4-12(5-7-13)14(18)8-9-16-15-10-11(2)20-17-15/h4-10H,3H2,1-2H3,(H,16,17). The molecule has 2 rings (SSSR count). The molecule has 0 saturated heterocycles. The number of aryl methyl sites for hydroxylation is 1. The Hall–Kier alpha value is -2.56. The molecule has 0 aliphatic rings. The Balaban J connectivity index is 1.93. The molecule has 0 radical (unpaired) electrons. The van der Waals surface area contributed by atoms with Gasteiger partial charge in [-0.3, -0.25) is 4.79 Å². The number of anilines is 1. The van der Waals surface area contributed by atoms with E-state index in [9.17, 15) is 4.79 Å². The van der Waals surface area contributed by atoms with Gasteiger partial charge in [-0.05, 0) is 38.1 Å². The fraction of sp³-hybridized carbons (Fsp3) is 0.200. The fourth-order valence-corrected chi connectivity index (χ4v) is 1.62. The van der Waals surface area contributed by atoms with E-state index in [-0.39, 0.29) is 5.78 Å². The van der Waals surface area contributed by atoms with E-state index in [1.165, 1.54) is 12.3 Å². The van der Waals surface area contributed by atoms with Crippen molar-refractivity contribution in [2.24, 2.45) is 0 Å². The number of aromatic nitrogens is 1. The molecule has 104 valence electrons. The maximum Gasteiger partial charge on any atom is 0.187 e. The van der Waals surface area contributed by atoms with Gasteiger partial charge in [-0.1, -0.05) is 5.16 Å². The summed E-state index contributed by atoms with van der Waals surface area (Å²) in [6, 6.07) is 8.76. The minimum Gasteiger partial charge on any atom is -0.494 e. The zero-order valence-electron chi connectivity index (χ0n) is 11.4. The number of hydrogen-bond donors (Lipinski definition) is 1. The van der Waals surface area contributed by atoms with E-state index < -0.39 is 0 Å². The highest BCUT2D eigenvalue weighted by molar-refractivity contribution is 6.04. The third kappa shape index (κ3) is 3.71. The lowest BCUT2D eigenvalue weighted by Gasteiger charge is -2.02. The minimum atomic E-state index is -0.0965. The molecule has 1 N–H and O–H groups in total. The summed E-state index contributed by atoms with van der Waals surface area (Å²) in [5, 5.41) is 6.62. The molecule has 0 atom stereocenters. The van der Waals surface area contributed by atoms with Gasteiger partial charge in [-0.25, -0.2) is 0 Å². The van der Waals surface area contributed by atoms with Gasteiger partial charge in [0.2, 0.25) is 0 Å². The van der Waals surface area contributed by atoms with Gasteiger partial charge in [0.1, 0.15) is 11.5 Å². The number of allylic oxidation sites excluding steroid dienone is 1. The van der Waals surface area contributed by atoms with Crippen molar-refractivity contribution in [3.8, 4) is 5.75 Å². The van der Waals surface area contributed by atoms with E-state index in [4.69, 9.17) is 9.26 Å². The van der Waals surface area contributed by atoms with Crippen LogP contribution >= 0.6 is 0 Å². The van der Waals surface area contributed by atoms with Crippen LogP contribution in [0.2, 0.25) is 0 Å². The zero-order valence-corrected chi connectivity index (χ0v) is 11.4. The first-order valence-corrected chi connectivity index (χ1v) is 6.32. The number of nitrogens with one attached hydrogen (secondary N) is 1. The van der Waals surface area contributed by atoms with Crippen molar-refractivity contribution in [1.82, 2.24) is 5.16 Å². The summed E-state index contributed by atoms with van der Waals surface area (Å²) >= 11 is 0. The van der Waals surface area contributed by atoms with Gasteiger partial charge in [-0.15, -0.1) is 0 Å². The number of carbonyl (C=O) groups is 1. The molecule has 5 heteroatoms. The molecule has 0 bridgehead atoms. The number of benzene rings is 1. The number of ketones is 1. The summed E-state index contributed by atoms with van der Waals surface area (Å²) in [6.45, 7) is 4.32. The van der Waals surface area contributed by atoms with Crippen LogP contribution in [0.25, 0.3) is 0 Å². The molecular weight excluding hydrogens is 256 g/mol. The van der Waals surface area contributed by atoms with Crippen molar-refractivity contribution < 1.29 is 14.1 Å². The van der Waals surface area contributed by atoms with Gasteiger partial charge in [0.05, 0.1) is 6.61 Å². The maximum atomic E-state index is 11.9. The molecule has 0 fully saturated rings. The molecule has 20 heavy (non-hydrogen) atoms. The molecular formula is C15H16N2O3. The predicted octanol–water partition coefficient (Wildman–Crippen LogP) is 3.19. The topological polar surface area (TPSA) is 64.4 Å². The third-order valence-corrected chi connectivity index (χ3v) is 2.54. The van der Waals surface area contributed by atoms with Crippen LogP contribution in [0.4, 0.5) is 5.82 Å². The van der Waals surface area contributed by atoms with Crippen LogP contribution in [-0.2, 0) is 0 Å². The van der Waals surface area contributed by atoms with E-state index in [1.807, 2.05) is 6.92 Å². The molecule has 1 aromatic carbocycles. The van der Waals surface area contributed by atoms with Crippen molar-refractivity contribution in [3.63, 3.8) is 0 Å². The van der Waals surface area contributed by atoms with Crippen LogP contribution in [0.5, 0.6) is 5.75 Å². The molecule has 1 aromatic heterocycles. The number of carbonyl (C=O) groups excluding carboxylic acids is 1. The van der Waals surface area contributed by atoms with E-state index in [1.54, 1.807) is 37.3 Å². The Morgan fingerprint density at radius 2 is 2.15 bits per heavy atom. The minimum absolute atomic E-state index is 0.0965. The van der Waals surface area contributed by atoms with E-state index >= 15 is 0 Å². The quantitative estimate of drug-likeness (QED) is 0.646. The van der Waals surface area contributed by atoms with Gasteiger partial charge in [0, 0.05) is 23.9 Å². The molecule has 0 saturated carbocycles. The Morgan fingerprint density at radius 1 is 1.40 bits per heavy atom. The van der Waals surface area contributed by atoms with Gasteiger partial charge >= 0.3 is 0 Å². The summed E-state index contributed by atoms with van der Waals surface area (Å²) < 4.78 is 10.2. The average molecular weight is 272 g/mol. The van der Waals surface area contributed by atoms with Crippen LogP contribution < -0.4 is 10.1 Å². The first kappa shape index (κ1) is 13.9. The molecule has 1 heterocycles. The highest BCUT2D eigenvalue weighted by atomic mass is 16.5. The van der Waals surface area contributed by atoms with Crippen LogP contribution in [0, 0.1) is 6.92 Å². The number of nitrogens with zero attached hydrogens (tertiary/aromatic N) is 1. The van der Waals surface area contributed by atoms with Crippen molar-refractivity contribution in [2.75, 3.05) is 11.9 Å². The van der Waals surface area contributed by atoms with Gasteiger partial charge in [0.25, 0.3) is 0 Å². The number of hydrogen-bond acceptors (Lipinski definition) is 5. The Morgan fingerprint density at radius 3 is 2.75 bits per heavy atom. The smallest absolute Gasteiger partial charge is 0.187 e. The van der Waals surface area contributed by atoms with Gasteiger partial charge in [0.15, 0.2) is 11.6 Å². The first-order valence-electron chi connectivity index (χ1n) is 6.32. The average Bonchev–Trinajstić information content (AvgIpc) is 2.85. The monoisotopic (exact) mass is 272 g/mol. The van der Waals surface area contributed by atoms with Crippen molar-refractivity contribution in [1.29, 1.82) is 0 Å². The Bertz CT molecular complexity index is 600.